The normalized spacial score (nSPS) is 11.7. The third kappa shape index (κ3) is 3.05. The van der Waals surface area contributed by atoms with E-state index in [0.717, 1.165) is 20.8 Å². The van der Waals surface area contributed by atoms with Crippen LogP contribution in [0.25, 0.3) is 11.0 Å². The van der Waals surface area contributed by atoms with Crippen LogP contribution in [0.15, 0.2) is 49.6 Å². The van der Waals surface area contributed by atoms with Gasteiger partial charge in [0.05, 0.1) is 0 Å². The zero-order valence-electron chi connectivity index (χ0n) is 15.8. The van der Waals surface area contributed by atoms with Crippen LogP contribution in [0.1, 0.15) is 12.5 Å². The average molecular weight is 405 g/mol. The standard InChI is InChI=1S/C18H19N3O6S/c1-5-21-16-15(17(23)20(4)18(21)24)13(10-14(22)19(16)3)27-28(25,26)12-8-6-11(2)7-9-12/h6-10H,5H2,1-4H3. The van der Waals surface area contributed by atoms with Gasteiger partial charge < -0.3 is 4.18 Å². The van der Waals surface area contributed by atoms with Crippen LogP contribution in [0.4, 0.5) is 0 Å². The highest BCUT2D eigenvalue weighted by Gasteiger charge is 2.23. The second-order valence-electron chi connectivity index (χ2n) is 6.35. The third-order valence-electron chi connectivity index (χ3n) is 4.49. The molecule has 28 heavy (non-hydrogen) atoms. The molecule has 0 atom stereocenters. The molecule has 0 radical (unpaired) electrons. The molecule has 3 aromatic rings. The zero-order valence-corrected chi connectivity index (χ0v) is 16.6. The van der Waals surface area contributed by atoms with Gasteiger partial charge in [-0.3, -0.25) is 23.3 Å². The molecule has 0 amide bonds. The van der Waals surface area contributed by atoms with Gasteiger partial charge in [0.25, 0.3) is 11.1 Å². The van der Waals surface area contributed by atoms with Crippen molar-refractivity contribution in [1.82, 2.24) is 13.7 Å². The summed E-state index contributed by atoms with van der Waals surface area (Å²) in [5, 5.41) is -0.165. The molecule has 0 saturated carbocycles. The van der Waals surface area contributed by atoms with E-state index in [1.165, 1.54) is 30.8 Å². The van der Waals surface area contributed by atoms with Crippen LogP contribution in [0.2, 0.25) is 0 Å². The Bertz CT molecular complexity index is 1360. The molecule has 0 saturated heterocycles. The number of fused-ring (bicyclic) bond motifs is 1. The predicted octanol–water partition coefficient (Wildman–Crippen LogP) is 0.495. The lowest BCUT2D eigenvalue weighted by Crippen LogP contribution is -2.40. The molecular weight excluding hydrogens is 386 g/mol. The number of rotatable bonds is 4. The number of nitrogens with zero attached hydrogens (tertiary/aromatic N) is 3. The van der Waals surface area contributed by atoms with Crippen LogP contribution in [-0.4, -0.2) is 22.1 Å². The van der Waals surface area contributed by atoms with Crippen LogP contribution in [-0.2, 0) is 30.8 Å². The minimum atomic E-state index is -4.29. The van der Waals surface area contributed by atoms with Gasteiger partial charge in [0.15, 0.2) is 5.75 Å². The topological polar surface area (TPSA) is 109 Å². The van der Waals surface area contributed by atoms with Gasteiger partial charge in [-0.1, -0.05) is 17.7 Å². The van der Waals surface area contributed by atoms with Crippen LogP contribution < -0.4 is 21.0 Å². The summed E-state index contributed by atoms with van der Waals surface area (Å²) in [5.74, 6) is -0.415. The number of aromatic nitrogens is 3. The van der Waals surface area contributed by atoms with Crippen molar-refractivity contribution >= 4 is 21.2 Å². The van der Waals surface area contributed by atoms with Gasteiger partial charge in [0.1, 0.15) is 15.9 Å². The molecule has 0 aliphatic carbocycles. The molecule has 0 N–H and O–H groups in total. The number of aryl methyl sites for hydroxylation is 3. The van der Waals surface area contributed by atoms with Crippen LogP contribution in [0.3, 0.4) is 0 Å². The Morgan fingerprint density at radius 3 is 2.18 bits per heavy atom. The minimum Gasteiger partial charge on any atom is -0.378 e. The van der Waals surface area contributed by atoms with Crippen molar-refractivity contribution in [3.8, 4) is 5.75 Å². The lowest BCUT2D eigenvalue weighted by molar-refractivity contribution is 0.486. The van der Waals surface area contributed by atoms with E-state index >= 15 is 0 Å². The molecule has 0 fully saturated rings. The first kappa shape index (κ1) is 19.6. The van der Waals surface area contributed by atoms with E-state index in [-0.39, 0.29) is 22.5 Å². The fraction of sp³-hybridized carbons (Fsp3) is 0.278. The van der Waals surface area contributed by atoms with Crippen molar-refractivity contribution in [2.24, 2.45) is 14.1 Å². The molecule has 9 nitrogen and oxygen atoms in total. The van der Waals surface area contributed by atoms with E-state index in [1.807, 2.05) is 0 Å². The molecule has 0 aliphatic rings. The summed E-state index contributed by atoms with van der Waals surface area (Å²) in [5.41, 5.74) is -1.13. The Balaban J connectivity index is 2.37. The van der Waals surface area contributed by atoms with Crippen molar-refractivity contribution in [3.63, 3.8) is 0 Å². The van der Waals surface area contributed by atoms with E-state index in [0.29, 0.717) is 0 Å². The summed E-state index contributed by atoms with van der Waals surface area (Å²) in [4.78, 5) is 37.4. The Hall–Kier alpha value is -3.14. The summed E-state index contributed by atoms with van der Waals surface area (Å²) >= 11 is 0. The molecule has 0 spiro atoms. The Morgan fingerprint density at radius 2 is 1.61 bits per heavy atom. The number of hydrogen-bond acceptors (Lipinski definition) is 6. The maximum atomic E-state index is 12.7. The number of benzene rings is 1. The lowest BCUT2D eigenvalue weighted by Gasteiger charge is -2.16. The van der Waals surface area contributed by atoms with E-state index in [2.05, 4.69) is 0 Å². The predicted molar refractivity (Wildman–Crippen MR) is 103 cm³/mol. The molecule has 2 heterocycles. The third-order valence-corrected chi connectivity index (χ3v) is 5.74. The number of pyridine rings is 1. The summed E-state index contributed by atoms with van der Waals surface area (Å²) in [6.45, 7) is 3.65. The Morgan fingerprint density at radius 1 is 1.00 bits per heavy atom. The van der Waals surface area contributed by atoms with Gasteiger partial charge in [-0.2, -0.15) is 8.42 Å². The molecule has 0 unspecified atom stereocenters. The molecule has 3 rings (SSSR count). The Labute approximate surface area is 160 Å². The zero-order chi connectivity index (χ0) is 20.8. The largest absolute Gasteiger partial charge is 0.378 e. The summed E-state index contributed by atoms with van der Waals surface area (Å²) in [6, 6.07) is 6.88. The first-order valence-electron chi connectivity index (χ1n) is 8.43. The monoisotopic (exact) mass is 405 g/mol. The maximum absolute atomic E-state index is 12.7. The van der Waals surface area contributed by atoms with Gasteiger partial charge in [0.2, 0.25) is 0 Å². The highest BCUT2D eigenvalue weighted by Crippen LogP contribution is 2.23. The van der Waals surface area contributed by atoms with Crippen molar-refractivity contribution in [2.45, 2.75) is 25.3 Å². The highest BCUT2D eigenvalue weighted by atomic mass is 32.2. The van der Waals surface area contributed by atoms with Crippen LogP contribution in [0, 0.1) is 6.92 Å². The highest BCUT2D eigenvalue weighted by molar-refractivity contribution is 7.87. The first-order valence-corrected chi connectivity index (χ1v) is 9.84. The number of hydrogen-bond donors (Lipinski definition) is 0. The second kappa shape index (κ2) is 6.79. The van der Waals surface area contributed by atoms with Gasteiger partial charge in [-0.15, -0.1) is 0 Å². The van der Waals surface area contributed by atoms with Crippen LogP contribution in [0.5, 0.6) is 5.75 Å². The first-order chi connectivity index (χ1) is 13.1. The minimum absolute atomic E-state index is 0.00259. The quantitative estimate of drug-likeness (QED) is 0.585. The summed E-state index contributed by atoms with van der Waals surface area (Å²) < 4.78 is 33.7. The van der Waals surface area contributed by atoms with Crippen molar-refractivity contribution < 1.29 is 12.6 Å². The van der Waals surface area contributed by atoms with E-state index in [9.17, 15) is 22.8 Å². The summed E-state index contributed by atoms with van der Waals surface area (Å²) in [7, 11) is -1.62. The molecule has 148 valence electrons. The molecule has 0 aliphatic heterocycles. The van der Waals surface area contributed by atoms with Crippen molar-refractivity contribution in [1.29, 1.82) is 0 Å². The fourth-order valence-electron chi connectivity index (χ4n) is 2.93. The van der Waals surface area contributed by atoms with Gasteiger partial charge in [-0.25, -0.2) is 4.79 Å². The van der Waals surface area contributed by atoms with E-state index < -0.39 is 32.7 Å². The van der Waals surface area contributed by atoms with Crippen molar-refractivity contribution in [3.05, 3.63) is 67.1 Å². The smallest absolute Gasteiger partial charge is 0.339 e. The van der Waals surface area contributed by atoms with Crippen LogP contribution >= 0.6 is 0 Å². The molecule has 10 heteroatoms. The average Bonchev–Trinajstić information content (AvgIpc) is 2.64. The van der Waals surface area contributed by atoms with Gasteiger partial charge >= 0.3 is 15.8 Å². The lowest BCUT2D eigenvalue weighted by atomic mass is 10.2. The Kier molecular flexibility index (Phi) is 4.76. The van der Waals surface area contributed by atoms with Gasteiger partial charge in [0, 0.05) is 26.7 Å². The SMILES string of the molecule is CCn1c(=O)n(C)c(=O)c2c(OS(=O)(=O)c3ccc(C)cc3)cc(=O)n(C)c21. The second-order valence-corrected chi connectivity index (χ2v) is 7.89. The maximum Gasteiger partial charge on any atom is 0.339 e. The van der Waals surface area contributed by atoms with Gasteiger partial charge in [-0.05, 0) is 26.0 Å². The molecule has 1 aromatic carbocycles. The molecular formula is C18H19N3O6S. The van der Waals surface area contributed by atoms with E-state index in [4.69, 9.17) is 4.18 Å². The summed E-state index contributed by atoms with van der Waals surface area (Å²) in [6.07, 6.45) is 0. The molecule has 0 bridgehead atoms. The van der Waals surface area contributed by atoms with E-state index in [1.54, 1.807) is 26.0 Å². The fourth-order valence-corrected chi connectivity index (χ4v) is 3.86. The van der Waals surface area contributed by atoms with Crippen molar-refractivity contribution in [2.75, 3.05) is 0 Å². The molecule has 2 aromatic heterocycles.